The second-order valence-electron chi connectivity index (χ2n) is 6.49. The fourth-order valence-corrected chi connectivity index (χ4v) is 2.64. The summed E-state index contributed by atoms with van der Waals surface area (Å²) in [6.07, 6.45) is 1.37. The van der Waals surface area contributed by atoms with E-state index < -0.39 is 5.60 Å². The maximum Gasteiger partial charge on any atom is 0.308 e. The number of carbonyl (C=O) groups is 1. The van der Waals surface area contributed by atoms with Gasteiger partial charge in [-0.05, 0) is 51.8 Å². The Labute approximate surface area is 126 Å². The summed E-state index contributed by atoms with van der Waals surface area (Å²) in [5.74, 6) is -0.140. The predicted octanol–water partition coefficient (Wildman–Crippen LogP) is 4.24. The van der Waals surface area contributed by atoms with Crippen molar-refractivity contribution in [3.05, 3.63) is 35.5 Å². The number of fused-ring (bicyclic) bond motifs is 1. The molecule has 0 saturated heterocycles. The van der Waals surface area contributed by atoms with Crippen LogP contribution < -0.4 is 0 Å². The lowest BCUT2D eigenvalue weighted by Gasteiger charge is -2.20. The third-order valence-electron chi connectivity index (χ3n) is 3.57. The first kappa shape index (κ1) is 15.6. The van der Waals surface area contributed by atoms with Crippen LogP contribution in [-0.4, -0.2) is 16.1 Å². The van der Waals surface area contributed by atoms with Crippen molar-refractivity contribution in [3.63, 3.8) is 0 Å². The highest BCUT2D eigenvalue weighted by Gasteiger charge is 2.17. The number of rotatable bonds is 4. The number of nitrogens with zero attached hydrogens (tertiary/aromatic N) is 1. The number of aryl methyl sites for hydroxylation is 3. The molecule has 0 aliphatic heterocycles. The van der Waals surface area contributed by atoms with Crippen LogP contribution in [-0.2, 0) is 22.5 Å². The molecule has 0 N–H and O–H groups in total. The van der Waals surface area contributed by atoms with Gasteiger partial charge >= 0.3 is 5.97 Å². The van der Waals surface area contributed by atoms with Crippen LogP contribution >= 0.6 is 0 Å². The summed E-state index contributed by atoms with van der Waals surface area (Å²) in [5, 5.41) is 1.28. The Balaban J connectivity index is 2.22. The fraction of sp³-hybridized carbons (Fsp3) is 0.500. The van der Waals surface area contributed by atoms with Gasteiger partial charge in [-0.3, -0.25) is 4.79 Å². The van der Waals surface area contributed by atoms with Crippen LogP contribution in [0.1, 0.15) is 45.4 Å². The molecule has 1 aromatic carbocycles. The average molecular weight is 287 g/mol. The van der Waals surface area contributed by atoms with E-state index in [-0.39, 0.29) is 5.97 Å². The fourth-order valence-electron chi connectivity index (χ4n) is 2.64. The molecular weight excluding hydrogens is 262 g/mol. The zero-order valence-electron chi connectivity index (χ0n) is 13.7. The average Bonchev–Trinajstić information content (AvgIpc) is 2.73. The number of aromatic nitrogens is 1. The Bertz CT molecular complexity index is 647. The van der Waals surface area contributed by atoms with Gasteiger partial charge in [0.2, 0.25) is 0 Å². The van der Waals surface area contributed by atoms with Crippen molar-refractivity contribution in [1.82, 2.24) is 4.57 Å². The molecule has 1 heterocycles. The molecule has 0 fully saturated rings. The van der Waals surface area contributed by atoms with Crippen LogP contribution in [0.2, 0.25) is 0 Å². The van der Waals surface area contributed by atoms with Crippen LogP contribution in [0.25, 0.3) is 10.9 Å². The molecule has 0 amide bonds. The second kappa shape index (κ2) is 5.92. The van der Waals surface area contributed by atoms with Gasteiger partial charge in [-0.15, -0.1) is 0 Å². The van der Waals surface area contributed by atoms with E-state index in [4.69, 9.17) is 4.74 Å². The molecule has 0 aliphatic carbocycles. The second-order valence-corrected chi connectivity index (χ2v) is 6.49. The van der Waals surface area contributed by atoms with Crippen LogP contribution in [0.4, 0.5) is 0 Å². The standard InChI is InChI=1S/C18H25NO2/c1-6-14-12-15-13(2)8-7-9-16(15)19(14)11-10-17(20)21-18(3,4)5/h7-9,12H,6,10-11H2,1-5H3. The molecule has 0 spiro atoms. The Morgan fingerprint density at radius 1 is 1.29 bits per heavy atom. The summed E-state index contributed by atoms with van der Waals surface area (Å²) < 4.78 is 7.64. The third-order valence-corrected chi connectivity index (χ3v) is 3.57. The minimum absolute atomic E-state index is 0.140. The Morgan fingerprint density at radius 3 is 2.62 bits per heavy atom. The summed E-state index contributed by atoms with van der Waals surface area (Å²) in [6, 6.07) is 8.55. The minimum Gasteiger partial charge on any atom is -0.460 e. The van der Waals surface area contributed by atoms with E-state index >= 15 is 0 Å². The van der Waals surface area contributed by atoms with Gasteiger partial charge in [-0.2, -0.15) is 0 Å². The van der Waals surface area contributed by atoms with Gasteiger partial charge in [-0.25, -0.2) is 0 Å². The van der Waals surface area contributed by atoms with E-state index in [1.807, 2.05) is 20.8 Å². The first-order valence-electron chi connectivity index (χ1n) is 7.61. The van der Waals surface area contributed by atoms with E-state index in [1.54, 1.807) is 0 Å². The van der Waals surface area contributed by atoms with Crippen molar-refractivity contribution in [3.8, 4) is 0 Å². The van der Waals surface area contributed by atoms with Gasteiger partial charge in [0, 0.05) is 23.1 Å². The SMILES string of the molecule is CCc1cc2c(C)cccc2n1CCC(=O)OC(C)(C)C. The number of ether oxygens (including phenoxy) is 1. The number of hydrogen-bond acceptors (Lipinski definition) is 2. The highest BCUT2D eigenvalue weighted by molar-refractivity contribution is 5.84. The van der Waals surface area contributed by atoms with Crippen molar-refractivity contribution in [1.29, 1.82) is 0 Å². The van der Waals surface area contributed by atoms with E-state index in [2.05, 4.69) is 42.7 Å². The smallest absolute Gasteiger partial charge is 0.308 e. The van der Waals surface area contributed by atoms with Crippen LogP contribution in [0, 0.1) is 6.92 Å². The highest BCUT2D eigenvalue weighted by atomic mass is 16.6. The van der Waals surface area contributed by atoms with Gasteiger partial charge in [-0.1, -0.05) is 19.1 Å². The lowest BCUT2D eigenvalue weighted by atomic mass is 10.1. The van der Waals surface area contributed by atoms with Gasteiger partial charge in [0.1, 0.15) is 5.60 Å². The van der Waals surface area contributed by atoms with Gasteiger partial charge in [0.15, 0.2) is 0 Å². The molecule has 0 aliphatic rings. The molecule has 21 heavy (non-hydrogen) atoms. The van der Waals surface area contributed by atoms with E-state index in [9.17, 15) is 4.79 Å². The van der Waals surface area contributed by atoms with E-state index in [0.29, 0.717) is 13.0 Å². The number of hydrogen-bond donors (Lipinski definition) is 0. The van der Waals surface area contributed by atoms with E-state index in [0.717, 1.165) is 6.42 Å². The highest BCUT2D eigenvalue weighted by Crippen LogP contribution is 2.24. The summed E-state index contributed by atoms with van der Waals surface area (Å²) in [5.41, 5.74) is 3.33. The van der Waals surface area contributed by atoms with Crippen LogP contribution in [0.15, 0.2) is 24.3 Å². The Morgan fingerprint density at radius 2 is 2.00 bits per heavy atom. The van der Waals surface area contributed by atoms with E-state index in [1.165, 1.54) is 22.2 Å². The molecule has 1 aromatic heterocycles. The first-order valence-corrected chi connectivity index (χ1v) is 7.61. The molecule has 114 valence electrons. The molecule has 0 radical (unpaired) electrons. The molecule has 0 bridgehead atoms. The summed E-state index contributed by atoms with van der Waals surface area (Å²) in [7, 11) is 0. The number of benzene rings is 1. The molecule has 0 atom stereocenters. The van der Waals surface area contributed by atoms with Crippen molar-refractivity contribution < 1.29 is 9.53 Å². The maximum absolute atomic E-state index is 11.9. The number of esters is 1. The van der Waals surface area contributed by atoms with Crippen LogP contribution in [0.5, 0.6) is 0 Å². The Hall–Kier alpha value is -1.77. The van der Waals surface area contributed by atoms with Gasteiger partial charge in [0.25, 0.3) is 0 Å². The third kappa shape index (κ3) is 3.66. The minimum atomic E-state index is -0.417. The zero-order chi connectivity index (χ0) is 15.6. The summed E-state index contributed by atoms with van der Waals surface area (Å²) in [4.78, 5) is 11.9. The number of carbonyl (C=O) groups excluding carboxylic acids is 1. The largest absolute Gasteiger partial charge is 0.460 e. The molecule has 0 unspecified atom stereocenters. The van der Waals surface area contributed by atoms with Crippen molar-refractivity contribution in [2.24, 2.45) is 0 Å². The predicted molar refractivity (Wildman–Crippen MR) is 86.5 cm³/mol. The molecular formula is C18H25NO2. The maximum atomic E-state index is 11.9. The topological polar surface area (TPSA) is 31.2 Å². The van der Waals surface area contributed by atoms with Crippen molar-refractivity contribution in [2.45, 2.75) is 59.6 Å². The Kier molecular flexibility index (Phi) is 4.40. The van der Waals surface area contributed by atoms with Gasteiger partial charge < -0.3 is 9.30 Å². The van der Waals surface area contributed by atoms with Crippen molar-refractivity contribution in [2.75, 3.05) is 0 Å². The monoisotopic (exact) mass is 287 g/mol. The zero-order valence-corrected chi connectivity index (χ0v) is 13.7. The first-order chi connectivity index (χ1) is 9.81. The van der Waals surface area contributed by atoms with Gasteiger partial charge in [0.05, 0.1) is 6.42 Å². The lowest BCUT2D eigenvalue weighted by Crippen LogP contribution is -2.24. The quantitative estimate of drug-likeness (QED) is 0.787. The summed E-state index contributed by atoms with van der Waals surface area (Å²) >= 11 is 0. The van der Waals surface area contributed by atoms with Crippen molar-refractivity contribution >= 4 is 16.9 Å². The molecule has 0 saturated carbocycles. The molecule has 3 nitrogen and oxygen atoms in total. The summed E-state index contributed by atoms with van der Waals surface area (Å²) in [6.45, 7) is 10.6. The molecule has 2 aromatic rings. The molecule has 2 rings (SSSR count). The normalized spacial score (nSPS) is 11.9. The molecule has 3 heteroatoms. The lowest BCUT2D eigenvalue weighted by molar-refractivity contribution is -0.155. The van der Waals surface area contributed by atoms with Crippen LogP contribution in [0.3, 0.4) is 0 Å².